The zero-order valence-electron chi connectivity index (χ0n) is 11.6. The molecule has 1 aromatic heterocycles. The van der Waals surface area contributed by atoms with E-state index in [1.54, 1.807) is 0 Å². The smallest absolute Gasteiger partial charge is 0.134 e. The quantitative estimate of drug-likeness (QED) is 0.873. The molecule has 0 spiro atoms. The fourth-order valence-corrected chi connectivity index (χ4v) is 2.09. The summed E-state index contributed by atoms with van der Waals surface area (Å²) in [5, 5.41) is 3.34. The number of nitrogens with zero attached hydrogens (tertiary/aromatic N) is 4. The van der Waals surface area contributed by atoms with Crippen LogP contribution in [0.1, 0.15) is 19.2 Å². The van der Waals surface area contributed by atoms with Crippen LogP contribution in [0.15, 0.2) is 6.07 Å². The average Bonchev–Trinajstić information content (AvgIpc) is 2.36. The predicted molar refractivity (Wildman–Crippen MR) is 75.3 cm³/mol. The highest BCUT2D eigenvalue weighted by Gasteiger charge is 2.16. The molecule has 0 atom stereocenters. The van der Waals surface area contributed by atoms with Crippen molar-refractivity contribution in [2.75, 3.05) is 50.0 Å². The van der Waals surface area contributed by atoms with Crippen LogP contribution in [0.25, 0.3) is 0 Å². The molecule has 1 aliphatic rings. The van der Waals surface area contributed by atoms with Crippen LogP contribution in [-0.2, 0) is 0 Å². The summed E-state index contributed by atoms with van der Waals surface area (Å²) >= 11 is 0. The third-order valence-electron chi connectivity index (χ3n) is 3.21. The Morgan fingerprint density at radius 3 is 2.61 bits per heavy atom. The first-order valence-corrected chi connectivity index (χ1v) is 6.72. The monoisotopic (exact) mass is 249 g/mol. The van der Waals surface area contributed by atoms with Crippen LogP contribution in [0.4, 0.5) is 11.6 Å². The van der Waals surface area contributed by atoms with E-state index in [1.165, 1.54) is 0 Å². The number of piperazine rings is 1. The molecule has 1 fully saturated rings. The summed E-state index contributed by atoms with van der Waals surface area (Å²) in [7, 11) is 2.16. The maximum atomic E-state index is 4.55. The molecule has 1 saturated heterocycles. The average molecular weight is 249 g/mol. The van der Waals surface area contributed by atoms with Crippen molar-refractivity contribution >= 4 is 11.6 Å². The minimum atomic E-state index is 0.838. The Bertz CT molecular complexity index is 385. The second-order valence-corrected chi connectivity index (χ2v) is 4.88. The van der Waals surface area contributed by atoms with Crippen LogP contribution in [0.3, 0.4) is 0 Å². The molecular formula is C13H23N5. The third kappa shape index (κ3) is 3.32. The highest BCUT2D eigenvalue weighted by molar-refractivity contribution is 5.49. The van der Waals surface area contributed by atoms with E-state index in [0.29, 0.717) is 0 Å². The molecule has 1 aliphatic heterocycles. The molecule has 0 amide bonds. The summed E-state index contributed by atoms with van der Waals surface area (Å²) in [5.74, 6) is 2.83. The van der Waals surface area contributed by atoms with Gasteiger partial charge in [-0.1, -0.05) is 6.92 Å². The van der Waals surface area contributed by atoms with Crippen molar-refractivity contribution in [3.8, 4) is 0 Å². The number of aryl methyl sites for hydroxylation is 1. The van der Waals surface area contributed by atoms with E-state index in [1.807, 2.05) is 6.92 Å². The standard InChI is InChI=1S/C13H23N5/c1-4-5-14-12-10-13(16-11(2)15-12)18-8-6-17(3)7-9-18/h10H,4-9H2,1-3H3,(H,14,15,16). The zero-order valence-corrected chi connectivity index (χ0v) is 11.6. The normalized spacial score (nSPS) is 16.9. The Morgan fingerprint density at radius 1 is 1.22 bits per heavy atom. The van der Waals surface area contributed by atoms with Gasteiger partial charge in [-0.2, -0.15) is 0 Å². The van der Waals surface area contributed by atoms with Crippen molar-refractivity contribution in [2.24, 2.45) is 0 Å². The van der Waals surface area contributed by atoms with Crippen LogP contribution in [0.2, 0.25) is 0 Å². The number of hydrogen-bond donors (Lipinski definition) is 1. The second kappa shape index (κ2) is 6.00. The number of rotatable bonds is 4. The molecule has 100 valence electrons. The first-order chi connectivity index (χ1) is 8.69. The molecule has 2 rings (SSSR count). The second-order valence-electron chi connectivity index (χ2n) is 4.88. The van der Waals surface area contributed by atoms with Gasteiger partial charge in [-0.25, -0.2) is 9.97 Å². The van der Waals surface area contributed by atoms with Gasteiger partial charge in [0.2, 0.25) is 0 Å². The number of anilines is 2. The van der Waals surface area contributed by atoms with Crippen molar-refractivity contribution in [2.45, 2.75) is 20.3 Å². The minimum absolute atomic E-state index is 0.838. The molecule has 1 N–H and O–H groups in total. The Labute approximate surface area is 109 Å². The molecular weight excluding hydrogens is 226 g/mol. The molecule has 0 bridgehead atoms. The Kier molecular flexibility index (Phi) is 4.36. The topological polar surface area (TPSA) is 44.3 Å². The molecule has 5 nitrogen and oxygen atoms in total. The van der Waals surface area contributed by atoms with Crippen LogP contribution in [-0.4, -0.2) is 54.6 Å². The van der Waals surface area contributed by atoms with E-state index in [9.17, 15) is 0 Å². The number of nitrogens with one attached hydrogen (secondary N) is 1. The zero-order chi connectivity index (χ0) is 13.0. The maximum Gasteiger partial charge on any atom is 0.134 e. The summed E-state index contributed by atoms with van der Waals surface area (Å²) in [4.78, 5) is 13.7. The molecule has 2 heterocycles. The maximum absolute atomic E-state index is 4.55. The Balaban J connectivity index is 2.09. The summed E-state index contributed by atoms with van der Waals surface area (Å²) in [5.41, 5.74) is 0. The number of hydrogen-bond acceptors (Lipinski definition) is 5. The van der Waals surface area contributed by atoms with E-state index >= 15 is 0 Å². The lowest BCUT2D eigenvalue weighted by molar-refractivity contribution is 0.312. The van der Waals surface area contributed by atoms with Crippen LogP contribution >= 0.6 is 0 Å². The van der Waals surface area contributed by atoms with Gasteiger partial charge in [0.25, 0.3) is 0 Å². The van der Waals surface area contributed by atoms with Gasteiger partial charge < -0.3 is 15.1 Å². The Hall–Kier alpha value is -1.36. The lowest BCUT2D eigenvalue weighted by atomic mass is 10.3. The molecule has 0 unspecified atom stereocenters. The highest BCUT2D eigenvalue weighted by Crippen LogP contribution is 2.17. The van der Waals surface area contributed by atoms with E-state index in [4.69, 9.17) is 0 Å². The number of aromatic nitrogens is 2. The largest absolute Gasteiger partial charge is 0.370 e. The minimum Gasteiger partial charge on any atom is -0.370 e. The number of likely N-dealkylation sites (N-methyl/N-ethyl adjacent to an activating group) is 1. The lowest BCUT2D eigenvalue weighted by Crippen LogP contribution is -2.44. The molecule has 0 saturated carbocycles. The van der Waals surface area contributed by atoms with E-state index in [2.05, 4.69) is 45.1 Å². The van der Waals surface area contributed by atoms with Gasteiger partial charge in [0.05, 0.1) is 0 Å². The van der Waals surface area contributed by atoms with Gasteiger partial charge in [0.15, 0.2) is 0 Å². The van der Waals surface area contributed by atoms with Gasteiger partial charge >= 0.3 is 0 Å². The van der Waals surface area contributed by atoms with E-state index < -0.39 is 0 Å². The van der Waals surface area contributed by atoms with E-state index in [0.717, 1.165) is 56.6 Å². The summed E-state index contributed by atoms with van der Waals surface area (Å²) in [6, 6.07) is 2.06. The SMILES string of the molecule is CCCNc1cc(N2CCN(C)CC2)nc(C)n1. The molecule has 18 heavy (non-hydrogen) atoms. The fraction of sp³-hybridized carbons (Fsp3) is 0.692. The first-order valence-electron chi connectivity index (χ1n) is 6.72. The van der Waals surface area contributed by atoms with Crippen molar-refractivity contribution in [1.82, 2.24) is 14.9 Å². The van der Waals surface area contributed by atoms with Gasteiger partial charge in [0, 0.05) is 38.8 Å². The van der Waals surface area contributed by atoms with Crippen LogP contribution in [0, 0.1) is 6.92 Å². The van der Waals surface area contributed by atoms with Gasteiger partial charge in [-0.05, 0) is 20.4 Å². The molecule has 0 aromatic carbocycles. The summed E-state index contributed by atoms with van der Waals surface area (Å²) in [6.07, 6.45) is 1.10. The lowest BCUT2D eigenvalue weighted by Gasteiger charge is -2.33. The summed E-state index contributed by atoms with van der Waals surface area (Å²) in [6.45, 7) is 9.35. The van der Waals surface area contributed by atoms with E-state index in [-0.39, 0.29) is 0 Å². The first kappa shape index (κ1) is 13.1. The fourth-order valence-electron chi connectivity index (χ4n) is 2.09. The molecule has 1 aromatic rings. The van der Waals surface area contributed by atoms with Gasteiger partial charge in [0.1, 0.15) is 17.5 Å². The van der Waals surface area contributed by atoms with Gasteiger partial charge in [-0.3, -0.25) is 0 Å². The predicted octanol–water partition coefficient (Wildman–Crippen LogP) is 1.36. The van der Waals surface area contributed by atoms with Crippen LogP contribution < -0.4 is 10.2 Å². The molecule has 5 heteroatoms. The molecule has 0 radical (unpaired) electrons. The summed E-state index contributed by atoms with van der Waals surface area (Å²) < 4.78 is 0. The van der Waals surface area contributed by atoms with Crippen LogP contribution in [0.5, 0.6) is 0 Å². The van der Waals surface area contributed by atoms with Crippen molar-refractivity contribution in [3.05, 3.63) is 11.9 Å². The van der Waals surface area contributed by atoms with Gasteiger partial charge in [-0.15, -0.1) is 0 Å². The molecule has 0 aliphatic carbocycles. The van der Waals surface area contributed by atoms with Crippen molar-refractivity contribution in [3.63, 3.8) is 0 Å². The third-order valence-corrected chi connectivity index (χ3v) is 3.21. The van der Waals surface area contributed by atoms with Crippen molar-refractivity contribution < 1.29 is 0 Å². The highest BCUT2D eigenvalue weighted by atomic mass is 15.3. The van der Waals surface area contributed by atoms with Crippen molar-refractivity contribution in [1.29, 1.82) is 0 Å². The Morgan fingerprint density at radius 2 is 1.94 bits per heavy atom.